The van der Waals surface area contributed by atoms with Gasteiger partial charge in [0.2, 0.25) is 0 Å². The third-order valence-electron chi connectivity index (χ3n) is 5.69. The topological polar surface area (TPSA) is 79.2 Å². The number of rotatable bonds is 3. The number of nitrogens with zero attached hydrogens (tertiary/aromatic N) is 2. The van der Waals surface area contributed by atoms with Crippen molar-refractivity contribution < 1.29 is 9.90 Å². The van der Waals surface area contributed by atoms with E-state index in [-0.39, 0.29) is 11.3 Å². The smallest absolute Gasteiger partial charge is 0.272 e. The van der Waals surface area contributed by atoms with E-state index < -0.39 is 12.1 Å². The Hall–Kier alpha value is -2.18. The highest BCUT2D eigenvalue weighted by molar-refractivity contribution is 5.92. The minimum atomic E-state index is -0.621. The van der Waals surface area contributed by atoms with Crippen LogP contribution in [0.5, 0.6) is 0 Å². The zero-order valence-corrected chi connectivity index (χ0v) is 14.4. The Morgan fingerprint density at radius 2 is 2.12 bits per heavy atom. The summed E-state index contributed by atoms with van der Waals surface area (Å²) in [5, 5.41) is 21.8. The molecule has 6 nitrogen and oxygen atoms in total. The highest BCUT2D eigenvalue weighted by atomic mass is 16.3. The van der Waals surface area contributed by atoms with Gasteiger partial charge in [-0.25, -0.2) is 0 Å². The number of benzene rings is 1. The van der Waals surface area contributed by atoms with E-state index in [9.17, 15) is 9.90 Å². The number of piperidine rings is 1. The molecule has 0 bridgehead atoms. The monoisotopic (exact) mass is 340 g/mol. The summed E-state index contributed by atoms with van der Waals surface area (Å²) >= 11 is 0. The van der Waals surface area contributed by atoms with Gasteiger partial charge in [0.25, 0.3) is 5.91 Å². The fourth-order valence-electron chi connectivity index (χ4n) is 4.34. The molecule has 1 amide bonds. The first kappa shape index (κ1) is 16.3. The number of aryl methyl sites for hydroxylation is 1. The lowest BCUT2D eigenvalue weighted by atomic mass is 9.72. The van der Waals surface area contributed by atoms with Crippen LogP contribution in [0, 0.1) is 0 Å². The van der Waals surface area contributed by atoms with Crippen molar-refractivity contribution in [3.05, 3.63) is 53.3 Å². The molecule has 0 radical (unpaired) electrons. The molecule has 4 rings (SSSR count). The largest absolute Gasteiger partial charge is 0.390 e. The first-order chi connectivity index (χ1) is 12.2. The van der Waals surface area contributed by atoms with E-state index in [0.29, 0.717) is 5.69 Å². The normalized spacial score (nSPS) is 24.2. The molecule has 2 heterocycles. The summed E-state index contributed by atoms with van der Waals surface area (Å²) in [4.78, 5) is 12.6. The SMILES string of the molecule is CCn1ccc(C(=O)N[C@H]2c3ccccc3C3(CCNCC3)[C@@H]2O)n1. The summed E-state index contributed by atoms with van der Waals surface area (Å²) in [6.45, 7) is 4.46. The van der Waals surface area contributed by atoms with Crippen LogP contribution in [0.2, 0.25) is 0 Å². The zero-order chi connectivity index (χ0) is 17.4. The summed E-state index contributed by atoms with van der Waals surface area (Å²) in [6, 6.07) is 9.42. The van der Waals surface area contributed by atoms with E-state index in [4.69, 9.17) is 0 Å². The molecule has 132 valence electrons. The van der Waals surface area contributed by atoms with Gasteiger partial charge in [-0.05, 0) is 50.0 Å². The molecule has 1 aliphatic carbocycles. The summed E-state index contributed by atoms with van der Waals surface area (Å²) < 4.78 is 1.72. The lowest BCUT2D eigenvalue weighted by molar-refractivity contribution is 0.0416. The van der Waals surface area contributed by atoms with E-state index in [1.807, 2.05) is 25.1 Å². The first-order valence-electron chi connectivity index (χ1n) is 8.98. The standard InChI is InChI=1S/C19H24N4O2/c1-2-23-12-7-15(22-23)18(25)21-16-13-5-3-4-6-14(13)19(17(16)24)8-10-20-11-9-19/h3-7,12,16-17,20,24H,2,8-11H2,1H3,(H,21,25)/t16-,17+/m0/s1. The molecule has 0 saturated carbocycles. The Morgan fingerprint density at radius 3 is 2.84 bits per heavy atom. The van der Waals surface area contributed by atoms with Crippen molar-refractivity contribution >= 4 is 5.91 Å². The second-order valence-electron chi connectivity index (χ2n) is 6.95. The van der Waals surface area contributed by atoms with Crippen LogP contribution in [0.15, 0.2) is 36.5 Å². The Balaban J connectivity index is 1.64. The van der Waals surface area contributed by atoms with Crippen LogP contribution in [0.25, 0.3) is 0 Å². The third-order valence-corrected chi connectivity index (χ3v) is 5.69. The van der Waals surface area contributed by atoms with Gasteiger partial charge >= 0.3 is 0 Å². The fourth-order valence-corrected chi connectivity index (χ4v) is 4.34. The number of hydrogen-bond acceptors (Lipinski definition) is 4. The van der Waals surface area contributed by atoms with Gasteiger partial charge in [0.1, 0.15) is 5.69 Å². The minimum Gasteiger partial charge on any atom is -0.390 e. The maximum atomic E-state index is 12.6. The second kappa shape index (κ2) is 6.28. The number of aromatic nitrogens is 2. The number of nitrogens with one attached hydrogen (secondary N) is 2. The van der Waals surface area contributed by atoms with Crippen LogP contribution in [0.4, 0.5) is 0 Å². The summed E-state index contributed by atoms with van der Waals surface area (Å²) in [7, 11) is 0. The second-order valence-corrected chi connectivity index (χ2v) is 6.95. The summed E-state index contributed by atoms with van der Waals surface area (Å²) in [5.41, 5.74) is 2.31. The van der Waals surface area contributed by atoms with E-state index in [0.717, 1.165) is 38.0 Å². The first-order valence-corrected chi connectivity index (χ1v) is 8.98. The van der Waals surface area contributed by atoms with E-state index in [1.54, 1.807) is 16.9 Å². The van der Waals surface area contributed by atoms with Crippen LogP contribution >= 0.6 is 0 Å². The number of carbonyl (C=O) groups is 1. The van der Waals surface area contributed by atoms with Crippen molar-refractivity contribution in [2.75, 3.05) is 13.1 Å². The maximum Gasteiger partial charge on any atom is 0.272 e. The summed E-state index contributed by atoms with van der Waals surface area (Å²) in [6.07, 6.45) is 2.93. The van der Waals surface area contributed by atoms with E-state index >= 15 is 0 Å². The molecule has 0 unspecified atom stereocenters. The molecule has 1 spiro atoms. The molecule has 6 heteroatoms. The quantitative estimate of drug-likeness (QED) is 0.788. The van der Waals surface area contributed by atoms with Gasteiger partial charge in [-0.2, -0.15) is 5.10 Å². The van der Waals surface area contributed by atoms with Crippen LogP contribution < -0.4 is 10.6 Å². The third kappa shape index (κ3) is 2.56. The molecular formula is C19H24N4O2. The van der Waals surface area contributed by atoms with Crippen molar-refractivity contribution in [3.8, 4) is 0 Å². The van der Waals surface area contributed by atoms with Crippen LogP contribution in [-0.2, 0) is 12.0 Å². The number of aliphatic hydroxyl groups is 1. The molecule has 2 atom stereocenters. The number of carbonyl (C=O) groups excluding carboxylic acids is 1. The number of amides is 1. The number of fused-ring (bicyclic) bond motifs is 2. The highest BCUT2D eigenvalue weighted by Gasteiger charge is 2.52. The Kier molecular flexibility index (Phi) is 4.09. The van der Waals surface area contributed by atoms with Gasteiger partial charge in [0.15, 0.2) is 0 Å². The molecule has 2 aliphatic rings. The lowest BCUT2D eigenvalue weighted by Gasteiger charge is -2.38. The molecule has 3 N–H and O–H groups in total. The molecule has 25 heavy (non-hydrogen) atoms. The molecule has 2 aromatic rings. The molecule has 1 aliphatic heterocycles. The Labute approximate surface area is 147 Å². The van der Waals surface area contributed by atoms with Crippen molar-refractivity contribution in [1.29, 1.82) is 0 Å². The van der Waals surface area contributed by atoms with E-state index in [1.165, 1.54) is 5.56 Å². The predicted octanol–water partition coefficient (Wildman–Crippen LogP) is 1.37. The predicted molar refractivity (Wildman–Crippen MR) is 94.3 cm³/mol. The Morgan fingerprint density at radius 1 is 1.36 bits per heavy atom. The van der Waals surface area contributed by atoms with Gasteiger partial charge in [0, 0.05) is 18.2 Å². The molecule has 1 aromatic carbocycles. The van der Waals surface area contributed by atoms with Gasteiger partial charge in [-0.1, -0.05) is 24.3 Å². The van der Waals surface area contributed by atoms with Gasteiger partial charge < -0.3 is 15.7 Å². The van der Waals surface area contributed by atoms with Crippen LogP contribution in [0.3, 0.4) is 0 Å². The number of aliphatic hydroxyl groups excluding tert-OH is 1. The zero-order valence-electron chi connectivity index (χ0n) is 14.4. The highest BCUT2D eigenvalue weighted by Crippen LogP contribution is 2.50. The molecule has 1 aromatic heterocycles. The van der Waals surface area contributed by atoms with Crippen LogP contribution in [0.1, 0.15) is 47.4 Å². The average Bonchev–Trinajstić information content (AvgIpc) is 3.22. The lowest BCUT2D eigenvalue weighted by Crippen LogP contribution is -2.48. The van der Waals surface area contributed by atoms with Crippen molar-refractivity contribution in [1.82, 2.24) is 20.4 Å². The maximum absolute atomic E-state index is 12.6. The molecule has 1 saturated heterocycles. The molecular weight excluding hydrogens is 316 g/mol. The van der Waals surface area contributed by atoms with Crippen molar-refractivity contribution in [2.24, 2.45) is 0 Å². The van der Waals surface area contributed by atoms with Gasteiger partial charge in [-0.15, -0.1) is 0 Å². The van der Waals surface area contributed by atoms with Gasteiger partial charge in [0.05, 0.1) is 12.1 Å². The fraction of sp³-hybridized carbons (Fsp3) is 0.474. The van der Waals surface area contributed by atoms with Crippen molar-refractivity contribution in [2.45, 2.75) is 43.9 Å². The minimum absolute atomic E-state index is 0.239. The van der Waals surface area contributed by atoms with Crippen LogP contribution in [-0.4, -0.2) is 40.0 Å². The van der Waals surface area contributed by atoms with Crippen molar-refractivity contribution in [3.63, 3.8) is 0 Å². The molecule has 1 fully saturated rings. The average molecular weight is 340 g/mol. The summed E-state index contributed by atoms with van der Waals surface area (Å²) in [5.74, 6) is -0.239. The van der Waals surface area contributed by atoms with Gasteiger partial charge in [-0.3, -0.25) is 9.48 Å². The Bertz CT molecular complexity index is 779. The van der Waals surface area contributed by atoms with E-state index in [2.05, 4.69) is 21.8 Å². The number of hydrogen-bond donors (Lipinski definition) is 3.